The number of aromatic amines is 1. The number of hydrogen-bond donors (Lipinski definition) is 2. The third-order valence-corrected chi connectivity index (χ3v) is 3.20. The minimum atomic E-state index is 0.353. The lowest BCUT2D eigenvalue weighted by Crippen LogP contribution is -2.42. The molecule has 1 unspecified atom stereocenters. The molecular formula is C11H20N4. The second-order valence-electron chi connectivity index (χ2n) is 4.55. The first-order valence-electron chi connectivity index (χ1n) is 5.65. The molecule has 1 aromatic rings. The molecule has 1 atom stereocenters. The van der Waals surface area contributed by atoms with Crippen molar-refractivity contribution >= 4 is 0 Å². The van der Waals surface area contributed by atoms with Crippen molar-refractivity contribution in [3.05, 3.63) is 17.0 Å². The number of H-pyrrole nitrogens is 1. The molecule has 1 aromatic heterocycles. The average molecular weight is 208 g/mol. The molecule has 0 aliphatic carbocycles. The molecule has 84 valence electrons. The summed E-state index contributed by atoms with van der Waals surface area (Å²) in [5, 5.41) is 7.25. The van der Waals surface area contributed by atoms with Crippen molar-refractivity contribution in [3.8, 4) is 0 Å². The van der Waals surface area contributed by atoms with Gasteiger partial charge in [-0.15, -0.1) is 0 Å². The van der Waals surface area contributed by atoms with Crippen LogP contribution in [0.5, 0.6) is 0 Å². The van der Waals surface area contributed by atoms with Gasteiger partial charge in [-0.2, -0.15) is 5.10 Å². The first-order chi connectivity index (χ1) is 7.16. The van der Waals surface area contributed by atoms with E-state index in [9.17, 15) is 0 Å². The molecule has 0 aromatic carbocycles. The van der Waals surface area contributed by atoms with Crippen molar-refractivity contribution in [2.24, 2.45) is 5.73 Å². The Kier molecular flexibility index (Phi) is 3.07. The topological polar surface area (TPSA) is 57.9 Å². The van der Waals surface area contributed by atoms with Crippen molar-refractivity contribution in [2.45, 2.75) is 39.3 Å². The van der Waals surface area contributed by atoms with E-state index in [-0.39, 0.29) is 0 Å². The Morgan fingerprint density at radius 2 is 2.33 bits per heavy atom. The zero-order valence-electron chi connectivity index (χ0n) is 9.58. The van der Waals surface area contributed by atoms with Crippen LogP contribution in [0.2, 0.25) is 0 Å². The minimum Gasteiger partial charge on any atom is -0.327 e. The van der Waals surface area contributed by atoms with E-state index in [0.29, 0.717) is 6.04 Å². The molecule has 2 rings (SSSR count). The van der Waals surface area contributed by atoms with E-state index >= 15 is 0 Å². The molecule has 0 amide bonds. The van der Waals surface area contributed by atoms with Gasteiger partial charge in [0.1, 0.15) is 0 Å². The van der Waals surface area contributed by atoms with Crippen LogP contribution in [-0.2, 0) is 6.54 Å². The Hall–Kier alpha value is -0.870. The number of hydrogen-bond acceptors (Lipinski definition) is 3. The van der Waals surface area contributed by atoms with Crippen molar-refractivity contribution in [1.82, 2.24) is 15.1 Å². The van der Waals surface area contributed by atoms with Crippen LogP contribution in [0.4, 0.5) is 0 Å². The van der Waals surface area contributed by atoms with Crippen LogP contribution >= 0.6 is 0 Å². The van der Waals surface area contributed by atoms with Crippen LogP contribution in [0.1, 0.15) is 29.8 Å². The van der Waals surface area contributed by atoms with Gasteiger partial charge in [-0.25, -0.2) is 0 Å². The maximum atomic E-state index is 5.97. The maximum Gasteiger partial charge on any atom is 0.0639 e. The fraction of sp³-hybridized carbons (Fsp3) is 0.727. The van der Waals surface area contributed by atoms with E-state index in [2.05, 4.69) is 28.9 Å². The van der Waals surface area contributed by atoms with Crippen LogP contribution in [0.3, 0.4) is 0 Å². The fourth-order valence-electron chi connectivity index (χ4n) is 2.27. The van der Waals surface area contributed by atoms with Gasteiger partial charge in [-0.05, 0) is 33.2 Å². The fourth-order valence-corrected chi connectivity index (χ4v) is 2.27. The second kappa shape index (κ2) is 4.33. The summed E-state index contributed by atoms with van der Waals surface area (Å²) in [6.45, 7) is 7.31. The summed E-state index contributed by atoms with van der Waals surface area (Å²) in [6.07, 6.45) is 2.39. The molecule has 4 heteroatoms. The van der Waals surface area contributed by atoms with E-state index in [1.54, 1.807) is 0 Å². The van der Waals surface area contributed by atoms with Gasteiger partial charge in [-0.3, -0.25) is 10.00 Å². The zero-order valence-corrected chi connectivity index (χ0v) is 9.58. The van der Waals surface area contributed by atoms with Gasteiger partial charge < -0.3 is 5.73 Å². The van der Waals surface area contributed by atoms with Crippen LogP contribution in [-0.4, -0.2) is 34.2 Å². The third-order valence-electron chi connectivity index (χ3n) is 3.20. The van der Waals surface area contributed by atoms with Crippen molar-refractivity contribution in [1.29, 1.82) is 0 Å². The standard InChI is InChI=1S/C11H20N4/c1-8-11(9(2)14-13-8)7-15-5-3-4-10(12)6-15/h10H,3-7,12H2,1-2H3,(H,13,14). The average Bonchev–Trinajstić information content (AvgIpc) is 2.50. The van der Waals surface area contributed by atoms with E-state index in [4.69, 9.17) is 5.73 Å². The van der Waals surface area contributed by atoms with Gasteiger partial charge in [0.25, 0.3) is 0 Å². The molecule has 0 bridgehead atoms. The molecule has 1 aliphatic heterocycles. The lowest BCUT2D eigenvalue weighted by molar-refractivity contribution is 0.201. The number of aromatic nitrogens is 2. The summed E-state index contributed by atoms with van der Waals surface area (Å²) < 4.78 is 0. The smallest absolute Gasteiger partial charge is 0.0639 e. The Morgan fingerprint density at radius 3 is 2.93 bits per heavy atom. The molecule has 1 saturated heterocycles. The van der Waals surface area contributed by atoms with Gasteiger partial charge in [0.15, 0.2) is 0 Å². The van der Waals surface area contributed by atoms with Crippen molar-refractivity contribution in [3.63, 3.8) is 0 Å². The third kappa shape index (κ3) is 2.38. The number of rotatable bonds is 2. The lowest BCUT2D eigenvalue weighted by atomic mass is 10.1. The van der Waals surface area contributed by atoms with Gasteiger partial charge in [-0.1, -0.05) is 0 Å². The molecule has 0 spiro atoms. The van der Waals surface area contributed by atoms with E-state index in [1.807, 2.05) is 0 Å². The normalized spacial score (nSPS) is 23.3. The summed E-state index contributed by atoms with van der Waals surface area (Å²) in [4.78, 5) is 2.43. The van der Waals surface area contributed by atoms with Crippen LogP contribution in [0.15, 0.2) is 0 Å². The summed E-state index contributed by atoms with van der Waals surface area (Å²) in [5.74, 6) is 0. The molecular weight excluding hydrogens is 188 g/mol. The quantitative estimate of drug-likeness (QED) is 0.760. The lowest BCUT2D eigenvalue weighted by Gasteiger charge is -2.30. The Bertz CT molecular complexity index is 312. The largest absolute Gasteiger partial charge is 0.327 e. The highest BCUT2D eigenvalue weighted by molar-refractivity contribution is 5.22. The second-order valence-corrected chi connectivity index (χ2v) is 4.55. The first-order valence-corrected chi connectivity index (χ1v) is 5.65. The molecule has 3 N–H and O–H groups in total. The van der Waals surface area contributed by atoms with E-state index in [0.717, 1.165) is 25.3 Å². The monoisotopic (exact) mass is 208 g/mol. The molecule has 1 fully saturated rings. The molecule has 4 nitrogen and oxygen atoms in total. The Labute approximate surface area is 90.8 Å². The van der Waals surface area contributed by atoms with Gasteiger partial charge in [0.2, 0.25) is 0 Å². The Morgan fingerprint density at radius 1 is 1.53 bits per heavy atom. The predicted molar refractivity (Wildman–Crippen MR) is 60.5 cm³/mol. The Balaban J connectivity index is 2.02. The highest BCUT2D eigenvalue weighted by Gasteiger charge is 2.18. The van der Waals surface area contributed by atoms with Crippen molar-refractivity contribution < 1.29 is 0 Å². The van der Waals surface area contributed by atoms with Crippen LogP contribution < -0.4 is 5.73 Å². The van der Waals surface area contributed by atoms with E-state index < -0.39 is 0 Å². The maximum absolute atomic E-state index is 5.97. The van der Waals surface area contributed by atoms with Crippen LogP contribution in [0.25, 0.3) is 0 Å². The molecule has 0 radical (unpaired) electrons. The van der Waals surface area contributed by atoms with Gasteiger partial charge in [0.05, 0.1) is 5.69 Å². The highest BCUT2D eigenvalue weighted by Crippen LogP contribution is 2.16. The number of piperidine rings is 1. The van der Waals surface area contributed by atoms with Gasteiger partial charge in [0, 0.05) is 30.4 Å². The minimum absolute atomic E-state index is 0.353. The van der Waals surface area contributed by atoms with E-state index in [1.165, 1.54) is 24.1 Å². The molecule has 0 saturated carbocycles. The van der Waals surface area contributed by atoms with Gasteiger partial charge >= 0.3 is 0 Å². The number of nitrogens with one attached hydrogen (secondary N) is 1. The summed E-state index contributed by atoms with van der Waals surface area (Å²) in [6, 6.07) is 0.353. The SMILES string of the molecule is Cc1n[nH]c(C)c1CN1CCCC(N)C1. The molecule has 15 heavy (non-hydrogen) atoms. The predicted octanol–water partition coefficient (Wildman–Crippen LogP) is 0.950. The number of aryl methyl sites for hydroxylation is 2. The molecule has 2 heterocycles. The highest BCUT2D eigenvalue weighted by atomic mass is 15.2. The zero-order chi connectivity index (χ0) is 10.8. The molecule has 1 aliphatic rings. The number of nitrogens with two attached hydrogens (primary N) is 1. The first kappa shape index (κ1) is 10.6. The van der Waals surface area contributed by atoms with Crippen molar-refractivity contribution in [2.75, 3.05) is 13.1 Å². The van der Waals surface area contributed by atoms with Crippen LogP contribution in [0, 0.1) is 13.8 Å². The summed E-state index contributed by atoms with van der Waals surface area (Å²) in [7, 11) is 0. The number of nitrogens with zero attached hydrogens (tertiary/aromatic N) is 2. The number of likely N-dealkylation sites (tertiary alicyclic amines) is 1. The summed E-state index contributed by atoms with van der Waals surface area (Å²) in [5.41, 5.74) is 9.61. The summed E-state index contributed by atoms with van der Waals surface area (Å²) >= 11 is 0.